The molecule has 0 aromatic heterocycles. The number of anilines is 1. The molecule has 0 aliphatic heterocycles. The number of ketones is 1. The van der Waals surface area contributed by atoms with Crippen LogP contribution in [0.25, 0.3) is 0 Å². The van der Waals surface area contributed by atoms with E-state index in [0.29, 0.717) is 12.2 Å². The van der Waals surface area contributed by atoms with E-state index in [-0.39, 0.29) is 23.9 Å². The standard InChI is InChI=1S/C24H24N2O4/c1-3-30-22-14-10-20(11-15-22)25-23(18-8-12-21(13-9-18)26(28)29)16-24(27)19-6-4-17(2)5-7-19/h4-15,23,25H,3,16H2,1-2H3. The minimum absolute atomic E-state index is 0.00297. The lowest BCUT2D eigenvalue weighted by Gasteiger charge is -2.20. The molecular weight excluding hydrogens is 380 g/mol. The Morgan fingerprint density at radius 2 is 1.63 bits per heavy atom. The smallest absolute Gasteiger partial charge is 0.269 e. The highest BCUT2D eigenvalue weighted by atomic mass is 16.6. The molecule has 0 radical (unpaired) electrons. The van der Waals surface area contributed by atoms with E-state index in [1.54, 1.807) is 12.1 Å². The first-order chi connectivity index (χ1) is 14.5. The number of nitrogens with zero attached hydrogens (tertiary/aromatic N) is 1. The van der Waals surface area contributed by atoms with Gasteiger partial charge in [-0.05, 0) is 43.7 Å². The van der Waals surface area contributed by atoms with Crippen LogP contribution in [0.4, 0.5) is 11.4 Å². The van der Waals surface area contributed by atoms with Gasteiger partial charge in [0.15, 0.2) is 5.78 Å². The number of hydrogen-bond donors (Lipinski definition) is 1. The number of nitrogens with one attached hydrogen (secondary N) is 1. The third-order valence-corrected chi connectivity index (χ3v) is 4.78. The Labute approximate surface area is 175 Å². The van der Waals surface area contributed by atoms with Crippen molar-refractivity contribution in [2.45, 2.75) is 26.3 Å². The van der Waals surface area contributed by atoms with Gasteiger partial charge >= 0.3 is 0 Å². The predicted molar refractivity (Wildman–Crippen MR) is 117 cm³/mol. The van der Waals surface area contributed by atoms with Gasteiger partial charge in [-0.15, -0.1) is 0 Å². The van der Waals surface area contributed by atoms with Crippen LogP contribution < -0.4 is 10.1 Å². The second-order valence-electron chi connectivity index (χ2n) is 7.00. The first-order valence-electron chi connectivity index (χ1n) is 9.80. The molecule has 0 heterocycles. The number of non-ortho nitro benzene ring substituents is 1. The zero-order valence-electron chi connectivity index (χ0n) is 17.0. The van der Waals surface area contributed by atoms with E-state index in [1.807, 2.05) is 62.4 Å². The van der Waals surface area contributed by atoms with Gasteiger partial charge in [-0.2, -0.15) is 0 Å². The van der Waals surface area contributed by atoms with Crippen LogP contribution in [0.3, 0.4) is 0 Å². The maximum Gasteiger partial charge on any atom is 0.269 e. The molecule has 6 heteroatoms. The number of hydrogen-bond acceptors (Lipinski definition) is 5. The topological polar surface area (TPSA) is 81.5 Å². The molecule has 0 saturated heterocycles. The molecule has 3 rings (SSSR count). The van der Waals surface area contributed by atoms with E-state index < -0.39 is 4.92 Å². The number of aryl methyl sites for hydroxylation is 1. The summed E-state index contributed by atoms with van der Waals surface area (Å²) < 4.78 is 5.47. The lowest BCUT2D eigenvalue weighted by atomic mass is 9.97. The number of carbonyl (C=O) groups is 1. The van der Waals surface area contributed by atoms with E-state index >= 15 is 0 Å². The second kappa shape index (κ2) is 9.69. The highest BCUT2D eigenvalue weighted by Gasteiger charge is 2.18. The van der Waals surface area contributed by atoms with Gasteiger partial charge in [0.25, 0.3) is 5.69 Å². The highest BCUT2D eigenvalue weighted by molar-refractivity contribution is 5.96. The monoisotopic (exact) mass is 404 g/mol. The summed E-state index contributed by atoms with van der Waals surface area (Å²) in [5.41, 5.74) is 3.38. The third-order valence-electron chi connectivity index (χ3n) is 4.78. The molecule has 0 fully saturated rings. The zero-order chi connectivity index (χ0) is 21.5. The Hall–Kier alpha value is -3.67. The Kier molecular flexibility index (Phi) is 6.80. The quantitative estimate of drug-likeness (QED) is 0.280. The van der Waals surface area contributed by atoms with Gasteiger partial charge in [0, 0.05) is 29.8 Å². The molecule has 1 atom stereocenters. The van der Waals surface area contributed by atoms with Gasteiger partial charge in [-0.25, -0.2) is 0 Å². The molecule has 154 valence electrons. The maximum atomic E-state index is 12.9. The molecule has 30 heavy (non-hydrogen) atoms. The second-order valence-corrected chi connectivity index (χ2v) is 7.00. The van der Waals surface area contributed by atoms with E-state index in [0.717, 1.165) is 22.6 Å². The fourth-order valence-corrected chi connectivity index (χ4v) is 3.14. The molecular formula is C24H24N2O4. The van der Waals surface area contributed by atoms with Crippen LogP contribution in [0.15, 0.2) is 72.8 Å². The summed E-state index contributed by atoms with van der Waals surface area (Å²) in [6.45, 7) is 4.48. The van der Waals surface area contributed by atoms with E-state index in [2.05, 4.69) is 5.32 Å². The number of nitro benzene ring substituents is 1. The summed E-state index contributed by atoms with van der Waals surface area (Å²) in [6.07, 6.45) is 0.216. The number of nitro groups is 1. The number of carbonyl (C=O) groups excluding carboxylic acids is 1. The van der Waals surface area contributed by atoms with Crippen LogP contribution in [-0.4, -0.2) is 17.3 Å². The fraction of sp³-hybridized carbons (Fsp3) is 0.208. The molecule has 0 aliphatic rings. The van der Waals surface area contributed by atoms with E-state index in [9.17, 15) is 14.9 Å². The van der Waals surface area contributed by atoms with Crippen LogP contribution in [0.5, 0.6) is 5.75 Å². The number of Topliss-reactive ketones (excluding diaryl/α,β-unsaturated/α-hetero) is 1. The zero-order valence-corrected chi connectivity index (χ0v) is 17.0. The van der Waals surface area contributed by atoms with Gasteiger partial charge in [-0.1, -0.05) is 42.0 Å². The summed E-state index contributed by atoms with van der Waals surface area (Å²) in [6, 6.07) is 20.9. The Morgan fingerprint density at radius 3 is 2.20 bits per heavy atom. The van der Waals surface area contributed by atoms with E-state index in [4.69, 9.17) is 4.74 Å². The predicted octanol–water partition coefficient (Wildman–Crippen LogP) is 5.73. The van der Waals surface area contributed by atoms with Crippen LogP contribution in [0.2, 0.25) is 0 Å². The summed E-state index contributed by atoms with van der Waals surface area (Å²) >= 11 is 0. The maximum absolute atomic E-state index is 12.9. The highest BCUT2D eigenvalue weighted by Crippen LogP contribution is 2.27. The van der Waals surface area contributed by atoms with Gasteiger partial charge in [-0.3, -0.25) is 14.9 Å². The van der Waals surface area contributed by atoms with Crippen molar-refractivity contribution in [1.29, 1.82) is 0 Å². The SMILES string of the molecule is CCOc1ccc(NC(CC(=O)c2ccc(C)cc2)c2ccc([N+](=O)[O-])cc2)cc1. The molecule has 1 N–H and O–H groups in total. The molecule has 3 aromatic carbocycles. The van der Waals surface area contributed by atoms with Crippen LogP contribution in [-0.2, 0) is 0 Å². The number of benzene rings is 3. The first-order valence-corrected chi connectivity index (χ1v) is 9.80. The minimum Gasteiger partial charge on any atom is -0.494 e. The molecule has 0 aliphatic carbocycles. The summed E-state index contributed by atoms with van der Waals surface area (Å²) in [4.78, 5) is 23.4. The molecule has 0 amide bonds. The fourth-order valence-electron chi connectivity index (χ4n) is 3.14. The van der Waals surface area contributed by atoms with Crippen molar-refractivity contribution in [2.24, 2.45) is 0 Å². The minimum atomic E-state index is -0.434. The summed E-state index contributed by atoms with van der Waals surface area (Å²) in [5, 5.41) is 14.4. The van der Waals surface area contributed by atoms with Crippen molar-refractivity contribution in [3.05, 3.63) is 99.6 Å². The molecule has 0 bridgehead atoms. The van der Waals surface area contributed by atoms with Crippen molar-refractivity contribution in [1.82, 2.24) is 0 Å². The van der Waals surface area contributed by atoms with Crippen LogP contribution in [0, 0.1) is 17.0 Å². The van der Waals surface area contributed by atoms with Crippen molar-refractivity contribution in [3.8, 4) is 5.75 Å². The molecule has 0 saturated carbocycles. The van der Waals surface area contributed by atoms with E-state index in [1.165, 1.54) is 12.1 Å². The van der Waals surface area contributed by atoms with Gasteiger partial charge in [0.05, 0.1) is 17.6 Å². The number of rotatable bonds is 9. The molecule has 1 unspecified atom stereocenters. The van der Waals surface area contributed by atoms with Crippen molar-refractivity contribution < 1.29 is 14.5 Å². The molecule has 6 nitrogen and oxygen atoms in total. The van der Waals surface area contributed by atoms with Crippen molar-refractivity contribution >= 4 is 17.2 Å². The van der Waals surface area contributed by atoms with Crippen LogP contribution in [0.1, 0.15) is 40.9 Å². The number of ether oxygens (including phenoxy) is 1. The Balaban J connectivity index is 1.84. The molecule has 0 spiro atoms. The lowest BCUT2D eigenvalue weighted by Crippen LogP contribution is -2.16. The summed E-state index contributed by atoms with van der Waals surface area (Å²) in [7, 11) is 0. The molecule has 3 aromatic rings. The van der Waals surface area contributed by atoms with Crippen LogP contribution >= 0.6 is 0 Å². The summed E-state index contributed by atoms with van der Waals surface area (Å²) in [5.74, 6) is 0.766. The largest absolute Gasteiger partial charge is 0.494 e. The van der Waals surface area contributed by atoms with Crippen molar-refractivity contribution in [3.63, 3.8) is 0 Å². The normalized spacial score (nSPS) is 11.5. The first kappa shape index (κ1) is 21.0. The average molecular weight is 404 g/mol. The van der Waals surface area contributed by atoms with Gasteiger partial charge in [0.1, 0.15) is 5.75 Å². The van der Waals surface area contributed by atoms with Crippen molar-refractivity contribution in [2.75, 3.05) is 11.9 Å². The average Bonchev–Trinajstić information content (AvgIpc) is 2.75. The Bertz CT molecular complexity index is 997. The lowest BCUT2D eigenvalue weighted by molar-refractivity contribution is -0.384. The van der Waals surface area contributed by atoms with Gasteiger partial charge < -0.3 is 10.1 Å². The third kappa shape index (κ3) is 5.44. The van der Waals surface area contributed by atoms with Gasteiger partial charge in [0.2, 0.25) is 0 Å². The Morgan fingerprint density at radius 1 is 1.00 bits per heavy atom.